The van der Waals surface area contributed by atoms with Crippen LogP contribution < -0.4 is 9.47 Å². The Labute approximate surface area is 274 Å². The van der Waals surface area contributed by atoms with Gasteiger partial charge in [0.25, 0.3) is 0 Å². The molecule has 250 valence electrons. The summed E-state index contributed by atoms with van der Waals surface area (Å²) in [5.74, 6) is 2.24. The number of aliphatic hydroxyl groups excluding tert-OH is 2. The highest BCUT2D eigenvalue weighted by Crippen LogP contribution is 2.66. The normalized spacial score (nSPS) is 32.6. The molecule has 0 unspecified atom stereocenters. The monoisotopic (exact) mass is 631 g/mol. The van der Waals surface area contributed by atoms with Crippen molar-refractivity contribution in [3.8, 4) is 11.5 Å². The second kappa shape index (κ2) is 13.4. The highest BCUT2D eigenvalue weighted by molar-refractivity contribution is 5.41. The van der Waals surface area contributed by atoms with Gasteiger partial charge in [-0.3, -0.25) is 4.90 Å². The van der Waals surface area contributed by atoms with Gasteiger partial charge in [0.05, 0.1) is 45.2 Å². The van der Waals surface area contributed by atoms with Crippen molar-refractivity contribution in [1.29, 1.82) is 0 Å². The van der Waals surface area contributed by atoms with E-state index in [1.807, 2.05) is 48.5 Å². The molecule has 0 radical (unpaired) electrons. The van der Waals surface area contributed by atoms with E-state index < -0.39 is 11.7 Å². The number of hydrogen-bond acceptors (Lipinski definition) is 7. The van der Waals surface area contributed by atoms with Gasteiger partial charge in [-0.2, -0.15) is 0 Å². The highest BCUT2D eigenvalue weighted by atomic mass is 16.5. The lowest BCUT2D eigenvalue weighted by molar-refractivity contribution is -0.108. The molecule has 4 aliphatic rings. The van der Waals surface area contributed by atoms with E-state index in [4.69, 9.17) is 14.2 Å². The maximum atomic E-state index is 12.7. The number of fused-ring (bicyclic) bond motifs is 5. The van der Waals surface area contributed by atoms with Gasteiger partial charge in [-0.15, -0.1) is 0 Å². The van der Waals surface area contributed by atoms with E-state index in [2.05, 4.69) is 30.9 Å². The first-order valence-electron chi connectivity index (χ1n) is 17.1. The number of benzene rings is 2. The van der Waals surface area contributed by atoms with Crippen molar-refractivity contribution in [1.82, 2.24) is 4.90 Å². The standard InChI is InChI=1S/C39H53NO6/c1-37-17-14-30(41)20-29(37)11-13-33-34(37)15-18-38(2)35(33)16-19-39(38,43)26-40(22-28-10-12-32(44-3)21-36(28)45-4)23-31(42)25-46-24-27-8-6-5-7-9-27/h5-13,21,30-31,34-35,41-43H,14-20,22-26H2,1-4H3/t30-,31+,34-,35-,37-,38-,39+/m0/s1. The minimum atomic E-state index is -0.915. The van der Waals surface area contributed by atoms with Gasteiger partial charge < -0.3 is 29.5 Å². The highest BCUT2D eigenvalue weighted by Gasteiger charge is 2.62. The van der Waals surface area contributed by atoms with E-state index in [9.17, 15) is 15.3 Å². The summed E-state index contributed by atoms with van der Waals surface area (Å²) in [6.45, 7) is 6.71. The molecule has 4 aliphatic carbocycles. The first-order valence-corrected chi connectivity index (χ1v) is 17.1. The van der Waals surface area contributed by atoms with Gasteiger partial charge >= 0.3 is 0 Å². The molecule has 2 aromatic carbocycles. The minimum absolute atomic E-state index is 0.103. The number of allylic oxidation sites excluding steroid dienone is 3. The van der Waals surface area contributed by atoms with Gasteiger partial charge in [0.2, 0.25) is 0 Å². The zero-order chi connectivity index (χ0) is 32.5. The van der Waals surface area contributed by atoms with E-state index in [0.29, 0.717) is 38.1 Å². The van der Waals surface area contributed by atoms with Crippen molar-refractivity contribution in [3.05, 3.63) is 83.0 Å². The molecule has 7 nitrogen and oxygen atoms in total. The van der Waals surface area contributed by atoms with E-state index in [-0.39, 0.29) is 23.5 Å². The number of nitrogens with zero attached hydrogens (tertiary/aromatic N) is 1. The van der Waals surface area contributed by atoms with Crippen LogP contribution >= 0.6 is 0 Å². The molecule has 6 rings (SSSR count). The van der Waals surface area contributed by atoms with Gasteiger partial charge in [0.1, 0.15) is 11.5 Å². The summed E-state index contributed by atoms with van der Waals surface area (Å²) in [5.41, 5.74) is 3.87. The molecule has 3 saturated carbocycles. The number of rotatable bonds is 12. The zero-order valence-electron chi connectivity index (χ0n) is 28.1. The van der Waals surface area contributed by atoms with Gasteiger partial charge in [0.15, 0.2) is 0 Å². The molecule has 0 aliphatic heterocycles. The summed E-state index contributed by atoms with van der Waals surface area (Å²) in [6.07, 6.45) is 10.1. The molecule has 3 fully saturated rings. The van der Waals surface area contributed by atoms with Crippen LogP contribution in [-0.4, -0.2) is 71.9 Å². The van der Waals surface area contributed by atoms with Crippen LogP contribution in [0.25, 0.3) is 0 Å². The van der Waals surface area contributed by atoms with Crippen LogP contribution in [0.5, 0.6) is 11.5 Å². The summed E-state index contributed by atoms with van der Waals surface area (Å²) in [4.78, 5) is 2.19. The van der Waals surface area contributed by atoms with Crippen molar-refractivity contribution in [3.63, 3.8) is 0 Å². The van der Waals surface area contributed by atoms with Crippen molar-refractivity contribution < 1.29 is 29.5 Å². The third-order valence-electron chi connectivity index (χ3n) is 12.1. The Morgan fingerprint density at radius 3 is 2.48 bits per heavy atom. The molecular weight excluding hydrogens is 578 g/mol. The molecule has 0 heterocycles. The molecular formula is C39H53NO6. The molecule has 0 aromatic heterocycles. The third kappa shape index (κ3) is 6.29. The SMILES string of the molecule is COc1ccc(CN(C[C@@H](O)COCc2ccccc2)C[C@]2(O)CC[C@H]3C4=CC=C5C[C@@H](O)CC[C@]5(C)[C@H]4CC[C@@]32C)c(OC)c1. The van der Waals surface area contributed by atoms with Crippen molar-refractivity contribution >= 4 is 0 Å². The maximum absolute atomic E-state index is 12.7. The van der Waals surface area contributed by atoms with E-state index in [1.165, 1.54) is 11.1 Å². The summed E-state index contributed by atoms with van der Waals surface area (Å²) in [6, 6.07) is 15.8. The van der Waals surface area contributed by atoms with Crippen LogP contribution in [0, 0.1) is 22.7 Å². The second-order valence-corrected chi connectivity index (χ2v) is 14.8. The van der Waals surface area contributed by atoms with Crippen LogP contribution in [-0.2, 0) is 17.9 Å². The lowest BCUT2D eigenvalue weighted by Crippen LogP contribution is -2.56. The predicted octanol–water partition coefficient (Wildman–Crippen LogP) is 6.06. The summed E-state index contributed by atoms with van der Waals surface area (Å²) >= 11 is 0. The van der Waals surface area contributed by atoms with E-state index >= 15 is 0 Å². The quantitative estimate of drug-likeness (QED) is 0.262. The van der Waals surface area contributed by atoms with Crippen LogP contribution in [0.2, 0.25) is 0 Å². The maximum Gasteiger partial charge on any atom is 0.127 e. The fraction of sp³-hybridized carbons (Fsp3) is 0.590. The molecule has 46 heavy (non-hydrogen) atoms. The predicted molar refractivity (Wildman–Crippen MR) is 180 cm³/mol. The van der Waals surface area contributed by atoms with Crippen LogP contribution in [0.4, 0.5) is 0 Å². The van der Waals surface area contributed by atoms with E-state index in [1.54, 1.807) is 14.2 Å². The lowest BCUT2D eigenvalue weighted by atomic mass is 9.50. The average molecular weight is 632 g/mol. The second-order valence-electron chi connectivity index (χ2n) is 14.8. The third-order valence-corrected chi connectivity index (χ3v) is 12.1. The van der Waals surface area contributed by atoms with Gasteiger partial charge in [-0.1, -0.05) is 73.5 Å². The average Bonchev–Trinajstić information content (AvgIpc) is 3.31. The number of methoxy groups -OCH3 is 2. The molecule has 3 N–H and O–H groups in total. The Bertz CT molecular complexity index is 1420. The Hall–Kier alpha value is -2.68. The number of hydrogen-bond donors (Lipinski definition) is 3. The Morgan fingerprint density at radius 1 is 0.935 bits per heavy atom. The minimum Gasteiger partial charge on any atom is -0.497 e. The largest absolute Gasteiger partial charge is 0.497 e. The van der Waals surface area contributed by atoms with Gasteiger partial charge in [-0.25, -0.2) is 0 Å². The molecule has 0 saturated heterocycles. The first-order chi connectivity index (χ1) is 22.1. The van der Waals surface area contributed by atoms with Gasteiger partial charge in [-0.05, 0) is 73.8 Å². The van der Waals surface area contributed by atoms with Crippen LogP contribution in [0.3, 0.4) is 0 Å². The molecule has 7 heteroatoms. The fourth-order valence-electron chi connectivity index (χ4n) is 9.37. The van der Waals surface area contributed by atoms with Crippen LogP contribution in [0.15, 0.2) is 71.8 Å². The first kappa shape index (κ1) is 33.2. The Balaban J connectivity index is 1.22. The summed E-state index contributed by atoms with van der Waals surface area (Å²) < 4.78 is 17.1. The van der Waals surface area contributed by atoms with Gasteiger partial charge in [0, 0.05) is 36.7 Å². The molecule has 0 amide bonds. The molecule has 2 aromatic rings. The smallest absolute Gasteiger partial charge is 0.127 e. The Kier molecular flexibility index (Phi) is 9.71. The summed E-state index contributed by atoms with van der Waals surface area (Å²) in [5, 5.41) is 34.3. The van der Waals surface area contributed by atoms with Crippen molar-refractivity contribution in [2.24, 2.45) is 22.7 Å². The topological polar surface area (TPSA) is 91.6 Å². The molecule has 0 spiro atoms. The summed E-state index contributed by atoms with van der Waals surface area (Å²) in [7, 11) is 3.30. The zero-order valence-corrected chi connectivity index (χ0v) is 28.1. The lowest BCUT2D eigenvalue weighted by Gasteiger charge is -2.56. The Morgan fingerprint density at radius 2 is 1.72 bits per heavy atom. The number of aliphatic hydroxyl groups is 3. The van der Waals surface area contributed by atoms with Crippen molar-refractivity contribution in [2.75, 3.05) is 33.9 Å². The fourth-order valence-corrected chi connectivity index (χ4v) is 9.37. The molecule has 0 bridgehead atoms. The number of ether oxygens (including phenoxy) is 3. The van der Waals surface area contributed by atoms with Crippen LogP contribution in [0.1, 0.15) is 69.9 Å². The molecule has 7 atom stereocenters. The van der Waals surface area contributed by atoms with Crippen molar-refractivity contribution in [2.45, 2.75) is 89.8 Å². The van der Waals surface area contributed by atoms with E-state index in [0.717, 1.165) is 67.6 Å².